The summed E-state index contributed by atoms with van der Waals surface area (Å²) in [5, 5.41) is 5.84. The lowest BCUT2D eigenvalue weighted by molar-refractivity contribution is -0.137. The normalized spacial score (nSPS) is 24.7. The van der Waals surface area contributed by atoms with Crippen molar-refractivity contribution in [1.29, 1.82) is 0 Å². The van der Waals surface area contributed by atoms with E-state index in [1.165, 1.54) is 0 Å². The molecule has 3 atom stereocenters. The number of nitrogens with one attached hydrogen (secondary N) is 2. The number of nitrogens with zero attached hydrogens (tertiary/aromatic N) is 3. The number of carbonyl (C=O) groups excluding carboxylic acids is 3. The second-order valence-electron chi connectivity index (χ2n) is 8.25. The molecule has 1 saturated carbocycles. The van der Waals surface area contributed by atoms with E-state index in [9.17, 15) is 14.4 Å². The Balaban J connectivity index is 1.52. The van der Waals surface area contributed by atoms with Gasteiger partial charge in [-0.3, -0.25) is 14.5 Å². The Morgan fingerprint density at radius 2 is 2.07 bits per heavy atom. The van der Waals surface area contributed by atoms with E-state index in [-0.39, 0.29) is 18.4 Å². The summed E-state index contributed by atoms with van der Waals surface area (Å²) in [7, 11) is 1.86. The van der Waals surface area contributed by atoms with E-state index >= 15 is 0 Å². The predicted molar refractivity (Wildman–Crippen MR) is 110 cm³/mol. The zero-order valence-electron chi connectivity index (χ0n) is 17.3. The molecule has 2 aliphatic rings. The average molecular weight is 409 g/mol. The molecule has 1 saturated heterocycles. The average Bonchev–Trinajstić information content (AvgIpc) is 3.26. The number of benzene rings is 1. The minimum Gasteiger partial charge on any atom is -0.341 e. The summed E-state index contributed by atoms with van der Waals surface area (Å²) in [6.07, 6.45) is 6.94. The van der Waals surface area contributed by atoms with Crippen molar-refractivity contribution < 1.29 is 14.4 Å². The third-order valence-corrected chi connectivity index (χ3v) is 6.36. The quantitative estimate of drug-likeness (QED) is 0.740. The summed E-state index contributed by atoms with van der Waals surface area (Å²) >= 11 is 0. The van der Waals surface area contributed by atoms with E-state index in [2.05, 4.69) is 15.6 Å². The van der Waals surface area contributed by atoms with Crippen LogP contribution in [0.4, 0.5) is 4.79 Å². The van der Waals surface area contributed by atoms with Crippen LogP contribution < -0.4 is 10.6 Å². The van der Waals surface area contributed by atoms with Gasteiger partial charge >= 0.3 is 6.03 Å². The summed E-state index contributed by atoms with van der Waals surface area (Å²) in [5.74, 6) is 0.0310. The number of amides is 4. The van der Waals surface area contributed by atoms with Crippen molar-refractivity contribution in [2.45, 2.75) is 44.2 Å². The number of aryl methyl sites for hydroxylation is 1. The number of aromatic nitrogens is 2. The number of imide groups is 1. The summed E-state index contributed by atoms with van der Waals surface area (Å²) in [5.41, 5.74) is 0.00317. The molecule has 2 fully saturated rings. The third-order valence-electron chi connectivity index (χ3n) is 6.36. The molecular weight excluding hydrogens is 382 g/mol. The van der Waals surface area contributed by atoms with Crippen LogP contribution in [0.15, 0.2) is 42.7 Å². The van der Waals surface area contributed by atoms with Crippen molar-refractivity contribution in [3.05, 3.63) is 54.1 Å². The maximum Gasteiger partial charge on any atom is 0.325 e. The van der Waals surface area contributed by atoms with Crippen molar-refractivity contribution in [2.24, 2.45) is 13.0 Å². The minimum atomic E-state index is -0.867. The van der Waals surface area contributed by atoms with Crippen LogP contribution in [0.3, 0.4) is 0 Å². The van der Waals surface area contributed by atoms with Crippen LogP contribution in [0.5, 0.6) is 0 Å². The fourth-order valence-electron chi connectivity index (χ4n) is 4.59. The zero-order valence-corrected chi connectivity index (χ0v) is 17.3. The molecule has 4 rings (SSSR count). The van der Waals surface area contributed by atoms with E-state index in [0.717, 1.165) is 29.7 Å². The van der Waals surface area contributed by atoms with Gasteiger partial charge in [0, 0.05) is 19.4 Å². The molecule has 3 unspecified atom stereocenters. The van der Waals surface area contributed by atoms with Gasteiger partial charge in [0.25, 0.3) is 5.91 Å². The molecule has 2 aromatic rings. The Hall–Kier alpha value is -3.16. The van der Waals surface area contributed by atoms with Gasteiger partial charge < -0.3 is 15.2 Å². The van der Waals surface area contributed by atoms with Crippen LogP contribution in [0.1, 0.15) is 50.0 Å². The van der Waals surface area contributed by atoms with Gasteiger partial charge in [-0.05, 0) is 24.3 Å². The van der Waals surface area contributed by atoms with Crippen molar-refractivity contribution >= 4 is 17.8 Å². The first kappa shape index (κ1) is 20.1. The molecule has 4 amide bonds. The standard InChI is InChI=1S/C22H27N5O3/c1-15-8-6-7-11-22(15)20(29)27(21(30)25-22)14-17(28)24-18(16-9-4-3-5-10-16)19-23-12-13-26(19)2/h3-5,9-10,12-13,15,18H,6-8,11,14H2,1-2H3,(H,24,28)(H,25,30). The Bertz CT molecular complexity index is 957. The second-order valence-corrected chi connectivity index (χ2v) is 8.25. The van der Waals surface area contributed by atoms with Gasteiger partial charge in [-0.2, -0.15) is 0 Å². The third kappa shape index (κ3) is 3.46. The van der Waals surface area contributed by atoms with Crippen LogP contribution in [0.25, 0.3) is 0 Å². The van der Waals surface area contributed by atoms with Crippen molar-refractivity contribution in [2.75, 3.05) is 6.54 Å². The van der Waals surface area contributed by atoms with Gasteiger partial charge in [-0.1, -0.05) is 50.1 Å². The van der Waals surface area contributed by atoms with Crippen LogP contribution >= 0.6 is 0 Å². The molecular formula is C22H27N5O3. The van der Waals surface area contributed by atoms with Crippen molar-refractivity contribution in [3.8, 4) is 0 Å². The topological polar surface area (TPSA) is 96.3 Å². The Kier molecular flexibility index (Phi) is 5.32. The van der Waals surface area contributed by atoms with E-state index in [4.69, 9.17) is 0 Å². The SMILES string of the molecule is CC1CCCCC12NC(=O)N(CC(=O)NC(c1ccccc1)c1nccn1C)C2=O. The largest absolute Gasteiger partial charge is 0.341 e. The molecule has 158 valence electrons. The lowest BCUT2D eigenvalue weighted by Crippen LogP contribution is -2.54. The first-order valence-electron chi connectivity index (χ1n) is 10.4. The highest BCUT2D eigenvalue weighted by Gasteiger charge is 2.55. The van der Waals surface area contributed by atoms with Gasteiger partial charge in [0.05, 0.1) is 0 Å². The van der Waals surface area contributed by atoms with Gasteiger partial charge in [0.1, 0.15) is 23.9 Å². The maximum absolute atomic E-state index is 13.1. The second kappa shape index (κ2) is 7.93. The van der Waals surface area contributed by atoms with E-state index < -0.39 is 23.5 Å². The molecule has 1 aliphatic heterocycles. The summed E-state index contributed by atoms with van der Waals surface area (Å²) < 4.78 is 1.84. The molecule has 1 aliphatic carbocycles. The summed E-state index contributed by atoms with van der Waals surface area (Å²) in [4.78, 5) is 44.0. The molecule has 0 bridgehead atoms. The van der Waals surface area contributed by atoms with Crippen LogP contribution in [0.2, 0.25) is 0 Å². The summed E-state index contributed by atoms with van der Waals surface area (Å²) in [6, 6.07) is 8.53. The monoisotopic (exact) mass is 409 g/mol. The lowest BCUT2D eigenvalue weighted by Gasteiger charge is -2.36. The van der Waals surface area contributed by atoms with Gasteiger partial charge in [-0.15, -0.1) is 0 Å². The van der Waals surface area contributed by atoms with Gasteiger partial charge in [0.2, 0.25) is 5.91 Å². The molecule has 8 heteroatoms. The highest BCUT2D eigenvalue weighted by molar-refractivity contribution is 6.09. The smallest absolute Gasteiger partial charge is 0.325 e. The molecule has 0 radical (unpaired) electrons. The molecule has 30 heavy (non-hydrogen) atoms. The molecule has 1 aromatic carbocycles. The van der Waals surface area contributed by atoms with Crippen LogP contribution in [0, 0.1) is 5.92 Å². The Morgan fingerprint density at radius 3 is 2.73 bits per heavy atom. The number of hydrogen-bond donors (Lipinski definition) is 2. The Morgan fingerprint density at radius 1 is 1.30 bits per heavy atom. The van der Waals surface area contributed by atoms with Gasteiger partial charge in [-0.25, -0.2) is 9.78 Å². The van der Waals surface area contributed by atoms with E-state index in [1.54, 1.807) is 6.20 Å². The van der Waals surface area contributed by atoms with E-state index in [1.807, 2.05) is 55.1 Å². The first-order valence-corrected chi connectivity index (χ1v) is 10.4. The maximum atomic E-state index is 13.1. The molecule has 2 N–H and O–H groups in total. The van der Waals surface area contributed by atoms with E-state index in [0.29, 0.717) is 12.2 Å². The number of rotatable bonds is 5. The van der Waals surface area contributed by atoms with Crippen LogP contribution in [-0.2, 0) is 16.6 Å². The predicted octanol–water partition coefficient (Wildman–Crippen LogP) is 2.13. The summed E-state index contributed by atoms with van der Waals surface area (Å²) in [6.45, 7) is 1.68. The van der Waals surface area contributed by atoms with Gasteiger partial charge in [0.15, 0.2) is 0 Å². The molecule has 1 spiro atoms. The lowest BCUT2D eigenvalue weighted by atomic mass is 9.73. The number of urea groups is 1. The number of imidazole rings is 1. The molecule has 2 heterocycles. The highest BCUT2D eigenvalue weighted by Crippen LogP contribution is 2.38. The molecule has 1 aromatic heterocycles. The number of carbonyl (C=O) groups is 3. The van der Waals surface area contributed by atoms with Crippen LogP contribution in [-0.4, -0.2) is 44.4 Å². The van der Waals surface area contributed by atoms with Crippen molar-refractivity contribution in [3.63, 3.8) is 0 Å². The molecule has 8 nitrogen and oxygen atoms in total. The fraction of sp³-hybridized carbons (Fsp3) is 0.455. The van der Waals surface area contributed by atoms with Crippen molar-refractivity contribution in [1.82, 2.24) is 25.1 Å². The highest BCUT2D eigenvalue weighted by atomic mass is 16.2. The zero-order chi connectivity index (χ0) is 21.3. The first-order chi connectivity index (χ1) is 14.4. The fourth-order valence-corrected chi connectivity index (χ4v) is 4.59. The Labute approximate surface area is 175 Å². The number of hydrogen-bond acceptors (Lipinski definition) is 4. The minimum absolute atomic E-state index is 0.0559.